The number of benzene rings is 1. The zero-order valence-corrected chi connectivity index (χ0v) is 12.3. The number of hydrogen-bond donors (Lipinski definition) is 1. The summed E-state index contributed by atoms with van der Waals surface area (Å²) in [5.41, 5.74) is 2.41. The predicted molar refractivity (Wildman–Crippen MR) is 82.2 cm³/mol. The highest BCUT2D eigenvalue weighted by molar-refractivity contribution is 5.98. The lowest BCUT2D eigenvalue weighted by molar-refractivity contribution is -0.128. The molecule has 1 aromatic carbocycles. The van der Waals surface area contributed by atoms with Crippen LogP contribution in [0.4, 0.5) is 0 Å². The fraction of sp³-hybridized carbons (Fsp3) is 0.235. The number of rotatable bonds is 2. The quantitative estimate of drug-likeness (QED) is 0.917. The summed E-state index contributed by atoms with van der Waals surface area (Å²) < 4.78 is 0. The summed E-state index contributed by atoms with van der Waals surface area (Å²) in [5.74, 6) is -0.284. The van der Waals surface area contributed by atoms with Gasteiger partial charge in [-0.1, -0.05) is 24.3 Å². The van der Waals surface area contributed by atoms with E-state index < -0.39 is 6.04 Å². The van der Waals surface area contributed by atoms with Crippen LogP contribution in [0.25, 0.3) is 0 Å². The molecule has 1 saturated heterocycles. The van der Waals surface area contributed by atoms with Crippen molar-refractivity contribution in [2.45, 2.75) is 13.0 Å². The van der Waals surface area contributed by atoms with Crippen molar-refractivity contribution in [2.24, 2.45) is 0 Å². The van der Waals surface area contributed by atoms with Crippen LogP contribution < -0.4 is 5.32 Å². The van der Waals surface area contributed by atoms with Gasteiger partial charge in [0.25, 0.3) is 5.91 Å². The normalized spacial score (nSPS) is 18.0. The topological polar surface area (TPSA) is 62.3 Å². The summed E-state index contributed by atoms with van der Waals surface area (Å²) in [6, 6.07) is 10.4. The van der Waals surface area contributed by atoms with E-state index >= 15 is 0 Å². The molecule has 112 valence electrons. The third-order valence-corrected chi connectivity index (χ3v) is 3.88. The molecule has 0 spiro atoms. The Morgan fingerprint density at radius 1 is 1.23 bits per heavy atom. The standard InChI is InChI=1S/C17H17N3O2/c1-12-4-2-3-5-14(12)15-16(21)19-10-11-20(15)17(22)13-6-8-18-9-7-13/h2-9,15H,10-11H2,1H3,(H,19,21). The van der Waals surface area contributed by atoms with E-state index in [1.807, 2.05) is 31.2 Å². The van der Waals surface area contributed by atoms with Gasteiger partial charge in [0.1, 0.15) is 6.04 Å². The molecule has 5 heteroatoms. The number of piperazine rings is 1. The zero-order valence-electron chi connectivity index (χ0n) is 12.3. The van der Waals surface area contributed by atoms with Gasteiger partial charge in [0.05, 0.1) is 0 Å². The van der Waals surface area contributed by atoms with E-state index in [0.717, 1.165) is 11.1 Å². The van der Waals surface area contributed by atoms with Crippen LogP contribution >= 0.6 is 0 Å². The van der Waals surface area contributed by atoms with Gasteiger partial charge in [0, 0.05) is 31.0 Å². The minimum absolute atomic E-state index is 0.136. The van der Waals surface area contributed by atoms with E-state index in [2.05, 4.69) is 10.3 Å². The van der Waals surface area contributed by atoms with Crippen LogP contribution in [-0.4, -0.2) is 34.8 Å². The maximum absolute atomic E-state index is 12.8. The van der Waals surface area contributed by atoms with E-state index in [0.29, 0.717) is 18.7 Å². The van der Waals surface area contributed by atoms with Crippen molar-refractivity contribution < 1.29 is 9.59 Å². The monoisotopic (exact) mass is 295 g/mol. The predicted octanol–water partition coefficient (Wildman–Crippen LogP) is 1.70. The van der Waals surface area contributed by atoms with E-state index in [1.165, 1.54) is 0 Å². The highest BCUT2D eigenvalue weighted by Gasteiger charge is 2.35. The number of carbonyl (C=O) groups excluding carboxylic acids is 2. The first-order chi connectivity index (χ1) is 10.7. The first-order valence-corrected chi connectivity index (χ1v) is 7.22. The van der Waals surface area contributed by atoms with Crippen molar-refractivity contribution in [1.29, 1.82) is 0 Å². The van der Waals surface area contributed by atoms with Crippen LogP contribution in [0.3, 0.4) is 0 Å². The molecule has 0 aliphatic carbocycles. The second-order valence-electron chi connectivity index (χ2n) is 5.28. The molecule has 0 radical (unpaired) electrons. The molecule has 3 rings (SSSR count). The molecule has 1 N–H and O–H groups in total. The third kappa shape index (κ3) is 2.57. The minimum atomic E-state index is -0.587. The molecule has 5 nitrogen and oxygen atoms in total. The fourth-order valence-corrected chi connectivity index (χ4v) is 2.75. The van der Waals surface area contributed by atoms with E-state index in [-0.39, 0.29) is 11.8 Å². The Balaban J connectivity index is 1.99. The SMILES string of the molecule is Cc1ccccc1C1C(=O)NCCN1C(=O)c1ccncc1. The second-order valence-corrected chi connectivity index (χ2v) is 5.28. The third-order valence-electron chi connectivity index (χ3n) is 3.88. The van der Waals surface area contributed by atoms with Gasteiger partial charge in [-0.2, -0.15) is 0 Å². The smallest absolute Gasteiger partial charge is 0.254 e. The van der Waals surface area contributed by atoms with Crippen molar-refractivity contribution >= 4 is 11.8 Å². The van der Waals surface area contributed by atoms with Crippen molar-refractivity contribution in [3.05, 3.63) is 65.5 Å². The average molecular weight is 295 g/mol. The minimum Gasteiger partial charge on any atom is -0.352 e. The molecule has 2 aromatic rings. The van der Waals surface area contributed by atoms with Crippen LogP contribution in [0, 0.1) is 6.92 Å². The number of nitrogens with one attached hydrogen (secondary N) is 1. The largest absolute Gasteiger partial charge is 0.352 e. The summed E-state index contributed by atoms with van der Waals surface area (Å²) in [4.78, 5) is 30.7. The molecule has 0 bridgehead atoms. The lowest BCUT2D eigenvalue weighted by atomic mass is 9.97. The Bertz CT molecular complexity index is 700. The van der Waals surface area contributed by atoms with Crippen LogP contribution in [0.2, 0.25) is 0 Å². The molecule has 1 fully saturated rings. The summed E-state index contributed by atoms with van der Waals surface area (Å²) in [6.07, 6.45) is 3.17. The van der Waals surface area contributed by atoms with Gasteiger partial charge in [0.2, 0.25) is 5.91 Å². The summed E-state index contributed by atoms with van der Waals surface area (Å²) in [7, 11) is 0. The summed E-state index contributed by atoms with van der Waals surface area (Å²) >= 11 is 0. The van der Waals surface area contributed by atoms with Gasteiger partial charge in [-0.05, 0) is 30.2 Å². The number of nitrogens with zero attached hydrogens (tertiary/aromatic N) is 2. The van der Waals surface area contributed by atoms with Crippen LogP contribution in [0.5, 0.6) is 0 Å². The first kappa shape index (κ1) is 14.3. The van der Waals surface area contributed by atoms with Crippen molar-refractivity contribution in [1.82, 2.24) is 15.2 Å². The Labute approximate surface area is 129 Å². The van der Waals surface area contributed by atoms with E-state index in [4.69, 9.17) is 0 Å². The molecule has 1 aliphatic rings. The van der Waals surface area contributed by atoms with Gasteiger partial charge < -0.3 is 10.2 Å². The highest BCUT2D eigenvalue weighted by Crippen LogP contribution is 2.27. The number of amides is 2. The Kier molecular flexibility index (Phi) is 3.87. The van der Waals surface area contributed by atoms with Gasteiger partial charge in [-0.25, -0.2) is 0 Å². The van der Waals surface area contributed by atoms with Gasteiger partial charge in [-0.3, -0.25) is 14.6 Å². The summed E-state index contributed by atoms with van der Waals surface area (Å²) in [6.45, 7) is 2.91. The lowest BCUT2D eigenvalue weighted by Gasteiger charge is -2.36. The Morgan fingerprint density at radius 2 is 1.95 bits per heavy atom. The Morgan fingerprint density at radius 3 is 2.68 bits per heavy atom. The second kappa shape index (κ2) is 5.97. The van der Waals surface area contributed by atoms with Crippen molar-refractivity contribution in [3.63, 3.8) is 0 Å². The number of hydrogen-bond acceptors (Lipinski definition) is 3. The maximum atomic E-state index is 12.8. The molecule has 0 saturated carbocycles. The molecule has 2 heterocycles. The molecule has 1 aliphatic heterocycles. The molecule has 1 unspecified atom stereocenters. The molecular weight excluding hydrogens is 278 g/mol. The van der Waals surface area contributed by atoms with Gasteiger partial charge >= 0.3 is 0 Å². The average Bonchev–Trinajstić information content (AvgIpc) is 2.56. The fourth-order valence-electron chi connectivity index (χ4n) is 2.75. The number of carbonyl (C=O) groups is 2. The number of pyridine rings is 1. The lowest BCUT2D eigenvalue weighted by Crippen LogP contribution is -2.52. The van der Waals surface area contributed by atoms with Crippen LogP contribution in [-0.2, 0) is 4.79 Å². The van der Waals surface area contributed by atoms with Gasteiger partial charge in [-0.15, -0.1) is 0 Å². The van der Waals surface area contributed by atoms with Crippen molar-refractivity contribution in [2.75, 3.05) is 13.1 Å². The molecule has 22 heavy (non-hydrogen) atoms. The summed E-state index contributed by atoms with van der Waals surface area (Å²) in [5, 5.41) is 2.85. The molecule has 2 amide bonds. The Hall–Kier alpha value is -2.69. The molecule has 1 aromatic heterocycles. The van der Waals surface area contributed by atoms with Crippen LogP contribution in [0.1, 0.15) is 27.5 Å². The molecule has 1 atom stereocenters. The van der Waals surface area contributed by atoms with E-state index in [1.54, 1.807) is 29.4 Å². The number of aryl methyl sites for hydroxylation is 1. The zero-order chi connectivity index (χ0) is 15.5. The highest BCUT2D eigenvalue weighted by atomic mass is 16.2. The van der Waals surface area contributed by atoms with Gasteiger partial charge in [0.15, 0.2) is 0 Å². The van der Waals surface area contributed by atoms with E-state index in [9.17, 15) is 9.59 Å². The van der Waals surface area contributed by atoms with Crippen molar-refractivity contribution in [3.8, 4) is 0 Å². The molecular formula is C17H17N3O2. The first-order valence-electron chi connectivity index (χ1n) is 7.22. The van der Waals surface area contributed by atoms with Crippen LogP contribution in [0.15, 0.2) is 48.8 Å². The maximum Gasteiger partial charge on any atom is 0.254 e. The number of aromatic nitrogens is 1.